The summed E-state index contributed by atoms with van der Waals surface area (Å²) >= 11 is 0. The number of esters is 1. The zero-order chi connectivity index (χ0) is 11.4. The molecule has 0 saturated carbocycles. The first-order valence-corrected chi connectivity index (χ1v) is 5.65. The van der Waals surface area contributed by atoms with Crippen LogP contribution in [0.1, 0.15) is 27.2 Å². The van der Waals surface area contributed by atoms with Crippen LogP contribution >= 0.6 is 0 Å². The molecule has 0 aromatic rings. The predicted octanol–water partition coefficient (Wildman–Crippen LogP) is 0.641. The summed E-state index contributed by atoms with van der Waals surface area (Å²) in [7, 11) is 0. The number of nitrogens with zero attached hydrogens (tertiary/aromatic N) is 1. The molecule has 1 rings (SSSR count). The van der Waals surface area contributed by atoms with Gasteiger partial charge in [0.2, 0.25) is 0 Å². The lowest BCUT2D eigenvalue weighted by Gasteiger charge is -2.23. The predicted molar refractivity (Wildman–Crippen MR) is 57.5 cm³/mol. The molecule has 1 aliphatic heterocycles. The lowest BCUT2D eigenvalue weighted by Crippen LogP contribution is -2.43. The summed E-state index contributed by atoms with van der Waals surface area (Å²) in [5.74, 6) is 0.0538. The lowest BCUT2D eigenvalue weighted by atomic mass is 10.1. The molecule has 88 valence electrons. The van der Waals surface area contributed by atoms with Crippen molar-refractivity contribution in [2.75, 3.05) is 19.7 Å². The number of hydrogen-bond donors (Lipinski definition) is 1. The quantitative estimate of drug-likeness (QED) is 0.699. The summed E-state index contributed by atoms with van der Waals surface area (Å²) in [6.45, 7) is 7.96. The second kappa shape index (κ2) is 5.47. The Bertz CT molecular complexity index is 218. The van der Waals surface area contributed by atoms with Gasteiger partial charge in [0.05, 0.1) is 12.7 Å². The minimum absolute atomic E-state index is 0.282. The number of carbonyl (C=O) groups is 1. The number of hydrogen-bond acceptors (Lipinski definition) is 4. The van der Waals surface area contributed by atoms with E-state index >= 15 is 0 Å². The highest BCUT2D eigenvalue weighted by Gasteiger charge is 2.38. The smallest absolute Gasteiger partial charge is 0.326 e. The second-order valence-electron chi connectivity index (χ2n) is 4.45. The zero-order valence-electron chi connectivity index (χ0n) is 9.77. The van der Waals surface area contributed by atoms with Crippen LogP contribution in [0.2, 0.25) is 0 Å². The average molecular weight is 215 g/mol. The number of ether oxygens (including phenoxy) is 1. The molecule has 0 unspecified atom stereocenters. The molecule has 0 amide bonds. The first kappa shape index (κ1) is 12.5. The number of aliphatic hydroxyl groups excluding tert-OH is 1. The van der Waals surface area contributed by atoms with E-state index in [0.29, 0.717) is 18.9 Å². The highest BCUT2D eigenvalue weighted by atomic mass is 16.5. The maximum atomic E-state index is 11.7. The molecule has 1 fully saturated rings. The van der Waals surface area contributed by atoms with E-state index in [1.165, 1.54) is 0 Å². The van der Waals surface area contributed by atoms with Crippen LogP contribution in [0.5, 0.6) is 0 Å². The zero-order valence-corrected chi connectivity index (χ0v) is 9.77. The summed E-state index contributed by atoms with van der Waals surface area (Å²) < 4.78 is 5.15. The summed E-state index contributed by atoms with van der Waals surface area (Å²) in [5, 5.41) is 9.68. The molecule has 0 bridgehead atoms. The van der Waals surface area contributed by atoms with Gasteiger partial charge >= 0.3 is 5.97 Å². The van der Waals surface area contributed by atoms with Crippen molar-refractivity contribution in [2.45, 2.75) is 39.3 Å². The molecule has 0 radical (unpaired) electrons. The molecule has 1 aliphatic rings. The Morgan fingerprint density at radius 2 is 2.27 bits per heavy atom. The Morgan fingerprint density at radius 3 is 2.80 bits per heavy atom. The monoisotopic (exact) mass is 215 g/mol. The van der Waals surface area contributed by atoms with E-state index in [4.69, 9.17) is 4.74 Å². The minimum atomic E-state index is -0.565. The third-order valence-corrected chi connectivity index (χ3v) is 2.68. The molecular weight excluding hydrogens is 194 g/mol. The first-order valence-electron chi connectivity index (χ1n) is 5.65. The van der Waals surface area contributed by atoms with Gasteiger partial charge in [-0.3, -0.25) is 9.69 Å². The Hall–Kier alpha value is -0.610. The van der Waals surface area contributed by atoms with Gasteiger partial charge in [-0.05, 0) is 18.9 Å². The maximum Gasteiger partial charge on any atom is 0.326 e. The summed E-state index contributed by atoms with van der Waals surface area (Å²) in [5.41, 5.74) is 0. The van der Waals surface area contributed by atoms with Crippen LogP contribution in [0.25, 0.3) is 0 Å². The van der Waals surface area contributed by atoms with E-state index in [1.54, 1.807) is 0 Å². The van der Waals surface area contributed by atoms with Gasteiger partial charge in [0.25, 0.3) is 0 Å². The van der Waals surface area contributed by atoms with Gasteiger partial charge in [-0.1, -0.05) is 20.8 Å². The van der Waals surface area contributed by atoms with Crippen molar-refractivity contribution < 1.29 is 14.6 Å². The van der Waals surface area contributed by atoms with Crippen LogP contribution in [-0.4, -0.2) is 47.8 Å². The van der Waals surface area contributed by atoms with Crippen molar-refractivity contribution in [3.8, 4) is 0 Å². The molecular formula is C11H21NO3. The molecule has 0 spiro atoms. The number of likely N-dealkylation sites (N-methyl/N-ethyl adjacent to an activating group) is 1. The normalized spacial score (nSPS) is 27.3. The number of aliphatic hydroxyl groups is 1. The fourth-order valence-corrected chi connectivity index (χ4v) is 1.83. The number of carbonyl (C=O) groups excluding carboxylic acids is 1. The molecule has 1 heterocycles. The summed E-state index contributed by atoms with van der Waals surface area (Å²) in [6, 6.07) is -0.450. The highest BCUT2D eigenvalue weighted by Crippen LogP contribution is 2.18. The van der Waals surface area contributed by atoms with Crippen molar-refractivity contribution in [2.24, 2.45) is 5.92 Å². The summed E-state index contributed by atoms with van der Waals surface area (Å²) in [4.78, 5) is 13.7. The molecule has 0 aliphatic carbocycles. The molecule has 0 aromatic carbocycles. The van der Waals surface area contributed by atoms with E-state index in [9.17, 15) is 9.90 Å². The lowest BCUT2D eigenvalue weighted by molar-refractivity contribution is -0.152. The van der Waals surface area contributed by atoms with Gasteiger partial charge in [-0.15, -0.1) is 0 Å². The Labute approximate surface area is 91.2 Å². The topological polar surface area (TPSA) is 49.8 Å². The van der Waals surface area contributed by atoms with Crippen molar-refractivity contribution in [1.29, 1.82) is 0 Å². The first-order chi connectivity index (χ1) is 7.06. The van der Waals surface area contributed by atoms with Crippen molar-refractivity contribution in [3.05, 3.63) is 0 Å². The molecule has 4 heteroatoms. The fraction of sp³-hybridized carbons (Fsp3) is 0.909. The van der Waals surface area contributed by atoms with Crippen LogP contribution in [0.3, 0.4) is 0 Å². The third kappa shape index (κ3) is 3.18. The standard InChI is InChI=1S/C11H21NO3/c1-4-12-6-5-9(13)10(12)11(14)15-7-8(2)3/h8-10,13H,4-7H2,1-3H3/t9-,10-/m0/s1. The SMILES string of the molecule is CCN1CC[C@H](O)[C@H]1C(=O)OCC(C)C. The largest absolute Gasteiger partial charge is 0.464 e. The van der Waals surface area contributed by atoms with E-state index in [-0.39, 0.29) is 5.97 Å². The van der Waals surface area contributed by atoms with Crippen LogP contribution in [0, 0.1) is 5.92 Å². The molecule has 1 saturated heterocycles. The van der Waals surface area contributed by atoms with E-state index in [0.717, 1.165) is 13.1 Å². The van der Waals surface area contributed by atoms with Crippen LogP contribution in [0.4, 0.5) is 0 Å². The van der Waals surface area contributed by atoms with Crippen molar-refractivity contribution >= 4 is 5.97 Å². The second-order valence-corrected chi connectivity index (χ2v) is 4.45. The molecule has 4 nitrogen and oxygen atoms in total. The number of rotatable bonds is 4. The average Bonchev–Trinajstić information content (AvgIpc) is 2.56. The van der Waals surface area contributed by atoms with Crippen molar-refractivity contribution in [3.63, 3.8) is 0 Å². The third-order valence-electron chi connectivity index (χ3n) is 2.68. The molecule has 1 N–H and O–H groups in total. The Balaban J connectivity index is 2.49. The van der Waals surface area contributed by atoms with Gasteiger partial charge in [0.1, 0.15) is 6.04 Å². The Kier molecular flexibility index (Phi) is 4.54. The summed E-state index contributed by atoms with van der Waals surface area (Å²) in [6.07, 6.45) is 0.0968. The van der Waals surface area contributed by atoms with Gasteiger partial charge in [-0.2, -0.15) is 0 Å². The van der Waals surface area contributed by atoms with Gasteiger partial charge in [0.15, 0.2) is 0 Å². The fourth-order valence-electron chi connectivity index (χ4n) is 1.83. The maximum absolute atomic E-state index is 11.7. The Morgan fingerprint density at radius 1 is 1.60 bits per heavy atom. The van der Waals surface area contributed by atoms with Crippen LogP contribution in [-0.2, 0) is 9.53 Å². The minimum Gasteiger partial charge on any atom is -0.464 e. The van der Waals surface area contributed by atoms with Gasteiger partial charge < -0.3 is 9.84 Å². The number of likely N-dealkylation sites (tertiary alicyclic amines) is 1. The molecule has 15 heavy (non-hydrogen) atoms. The van der Waals surface area contributed by atoms with Crippen molar-refractivity contribution in [1.82, 2.24) is 4.90 Å². The molecule has 0 aromatic heterocycles. The van der Waals surface area contributed by atoms with E-state index < -0.39 is 12.1 Å². The highest BCUT2D eigenvalue weighted by molar-refractivity contribution is 5.77. The molecule has 2 atom stereocenters. The van der Waals surface area contributed by atoms with Gasteiger partial charge in [0, 0.05) is 6.54 Å². The van der Waals surface area contributed by atoms with E-state index in [2.05, 4.69) is 0 Å². The van der Waals surface area contributed by atoms with Crippen LogP contribution < -0.4 is 0 Å². The van der Waals surface area contributed by atoms with Crippen LogP contribution in [0.15, 0.2) is 0 Å². The van der Waals surface area contributed by atoms with E-state index in [1.807, 2.05) is 25.7 Å². The van der Waals surface area contributed by atoms with Gasteiger partial charge in [-0.25, -0.2) is 0 Å².